The van der Waals surface area contributed by atoms with Gasteiger partial charge in [-0.15, -0.1) is 0 Å². The van der Waals surface area contributed by atoms with Crippen molar-refractivity contribution in [2.45, 2.75) is 55.1 Å². The van der Waals surface area contributed by atoms with Crippen molar-refractivity contribution >= 4 is 40.2 Å². The second kappa shape index (κ2) is 11.5. The number of aromatic nitrogens is 3. The first-order valence-electron chi connectivity index (χ1n) is 12.7. The summed E-state index contributed by atoms with van der Waals surface area (Å²) in [5.74, 6) is 2.38. The number of rotatable bonds is 7. The molecular weight excluding hydrogens is 518 g/mol. The summed E-state index contributed by atoms with van der Waals surface area (Å²) in [5, 5.41) is 11.1. The topological polar surface area (TPSA) is 121 Å². The van der Waals surface area contributed by atoms with Gasteiger partial charge in [0, 0.05) is 47.0 Å². The Bertz CT molecular complexity index is 1460. The molecule has 2 aromatic carbocycles. The van der Waals surface area contributed by atoms with Gasteiger partial charge in [-0.1, -0.05) is 43.8 Å². The van der Waals surface area contributed by atoms with Gasteiger partial charge in [0.25, 0.3) is 0 Å². The monoisotopic (exact) mass is 549 g/mol. The Labute approximate surface area is 230 Å². The molecular formula is C28H31N5O5S. The Balaban J connectivity index is 1.35. The molecule has 2 amide bonds. The van der Waals surface area contributed by atoms with E-state index in [-0.39, 0.29) is 11.5 Å². The maximum Gasteiger partial charge on any atom is 0.324 e. The molecule has 1 fully saturated rings. The molecule has 204 valence electrons. The van der Waals surface area contributed by atoms with Crippen LogP contribution >= 0.6 is 11.8 Å². The van der Waals surface area contributed by atoms with Gasteiger partial charge in [-0.3, -0.25) is 5.32 Å². The summed E-state index contributed by atoms with van der Waals surface area (Å²) >= 11 is 1.46. The number of nitrogens with one attached hydrogen (secondary N) is 2. The smallest absolute Gasteiger partial charge is 0.324 e. The normalized spacial score (nSPS) is 14.3. The van der Waals surface area contributed by atoms with Crippen LogP contribution in [0.1, 0.15) is 39.4 Å². The summed E-state index contributed by atoms with van der Waals surface area (Å²) in [5.41, 5.74) is 1.14. The highest BCUT2D eigenvalue weighted by molar-refractivity contribution is 7.99. The summed E-state index contributed by atoms with van der Waals surface area (Å²) in [6.45, 7) is 7.38. The fourth-order valence-corrected chi connectivity index (χ4v) is 5.04. The number of hydrogen-bond donors (Lipinski definition) is 2. The Morgan fingerprint density at radius 1 is 1.08 bits per heavy atom. The summed E-state index contributed by atoms with van der Waals surface area (Å²) in [7, 11) is 1.62. The maximum absolute atomic E-state index is 12.6. The molecule has 0 unspecified atom stereocenters. The molecule has 11 heteroatoms. The largest absolute Gasteiger partial charge is 0.497 e. The number of methoxy groups -OCH3 is 1. The summed E-state index contributed by atoms with van der Waals surface area (Å²) in [4.78, 5) is 22.5. The number of urea groups is 1. The van der Waals surface area contributed by atoms with E-state index in [4.69, 9.17) is 18.7 Å². The number of amides is 2. The van der Waals surface area contributed by atoms with Gasteiger partial charge in [-0.25, -0.2) is 14.8 Å². The first-order valence-corrected chi connectivity index (χ1v) is 13.5. The molecule has 10 nitrogen and oxygen atoms in total. The number of fused-ring (bicyclic) bond motifs is 1. The lowest BCUT2D eigenvalue weighted by Crippen LogP contribution is -2.26. The van der Waals surface area contributed by atoms with Crippen molar-refractivity contribution in [2.24, 2.45) is 0 Å². The highest BCUT2D eigenvalue weighted by Crippen LogP contribution is 2.40. The summed E-state index contributed by atoms with van der Waals surface area (Å²) < 4.78 is 22.7. The van der Waals surface area contributed by atoms with Crippen LogP contribution in [-0.2, 0) is 10.2 Å². The fraction of sp³-hybridized carbons (Fsp3) is 0.357. The van der Waals surface area contributed by atoms with Crippen LogP contribution in [0.4, 0.5) is 16.3 Å². The molecule has 1 saturated heterocycles. The van der Waals surface area contributed by atoms with Crippen molar-refractivity contribution in [1.29, 1.82) is 0 Å². The van der Waals surface area contributed by atoms with E-state index in [1.807, 2.05) is 57.2 Å². The minimum absolute atomic E-state index is 0.0438. The molecule has 0 bridgehead atoms. The number of ether oxygens (including phenoxy) is 3. The lowest BCUT2D eigenvalue weighted by Gasteiger charge is -2.24. The molecule has 39 heavy (non-hydrogen) atoms. The Hall–Kier alpha value is -3.83. The average molecular weight is 550 g/mol. The van der Waals surface area contributed by atoms with Crippen LogP contribution in [-0.4, -0.2) is 47.6 Å². The fourth-order valence-electron chi connectivity index (χ4n) is 4.08. The average Bonchev–Trinajstić information content (AvgIpc) is 3.38. The predicted molar refractivity (Wildman–Crippen MR) is 149 cm³/mol. The van der Waals surface area contributed by atoms with Gasteiger partial charge >= 0.3 is 6.03 Å². The summed E-state index contributed by atoms with van der Waals surface area (Å²) in [6, 6.07) is 12.6. The number of anilines is 2. The van der Waals surface area contributed by atoms with Gasteiger partial charge in [0.05, 0.1) is 31.2 Å². The zero-order valence-electron chi connectivity index (χ0n) is 22.3. The highest BCUT2D eigenvalue weighted by Gasteiger charge is 2.21. The molecule has 0 radical (unpaired) electrons. The first kappa shape index (κ1) is 26.8. The molecule has 1 aliphatic rings. The number of nitrogens with zero attached hydrogens (tertiary/aromatic N) is 3. The molecule has 5 rings (SSSR count). The molecule has 2 aromatic heterocycles. The van der Waals surface area contributed by atoms with Crippen LogP contribution in [0, 0.1) is 0 Å². The van der Waals surface area contributed by atoms with E-state index in [1.54, 1.807) is 13.2 Å². The van der Waals surface area contributed by atoms with Crippen LogP contribution in [0.2, 0.25) is 0 Å². The number of carbonyl (C=O) groups is 1. The van der Waals surface area contributed by atoms with Crippen molar-refractivity contribution in [1.82, 2.24) is 15.1 Å². The van der Waals surface area contributed by atoms with Crippen LogP contribution < -0.4 is 20.1 Å². The van der Waals surface area contributed by atoms with Crippen molar-refractivity contribution in [3.05, 3.63) is 54.6 Å². The van der Waals surface area contributed by atoms with Crippen LogP contribution in [0.15, 0.2) is 63.2 Å². The number of carbonyl (C=O) groups excluding carboxylic acids is 1. The van der Waals surface area contributed by atoms with E-state index in [1.165, 1.54) is 18.1 Å². The van der Waals surface area contributed by atoms with E-state index >= 15 is 0 Å². The molecule has 0 atom stereocenters. The van der Waals surface area contributed by atoms with Gasteiger partial charge in [0.2, 0.25) is 0 Å². The van der Waals surface area contributed by atoms with Gasteiger partial charge in [-0.2, -0.15) is 0 Å². The van der Waals surface area contributed by atoms with Crippen molar-refractivity contribution in [2.75, 3.05) is 31.0 Å². The predicted octanol–water partition coefficient (Wildman–Crippen LogP) is 6.28. The molecule has 2 N–H and O–H groups in total. The minimum Gasteiger partial charge on any atom is -0.497 e. The molecule has 4 aromatic rings. The third-order valence-electron chi connectivity index (χ3n) is 6.14. The lowest BCUT2D eigenvalue weighted by atomic mass is 9.93. The third-order valence-corrected chi connectivity index (χ3v) is 7.13. The molecule has 0 saturated carbocycles. The Kier molecular flexibility index (Phi) is 7.89. The molecule has 3 heterocycles. The maximum atomic E-state index is 12.6. The second-order valence-electron chi connectivity index (χ2n) is 10.2. The van der Waals surface area contributed by atoms with Gasteiger partial charge in [0.1, 0.15) is 34.7 Å². The second-order valence-corrected chi connectivity index (χ2v) is 11.2. The quantitative estimate of drug-likeness (QED) is 0.257. The zero-order valence-corrected chi connectivity index (χ0v) is 23.1. The molecule has 1 aliphatic heterocycles. The van der Waals surface area contributed by atoms with Gasteiger partial charge in [0.15, 0.2) is 5.82 Å². The van der Waals surface area contributed by atoms with E-state index in [0.29, 0.717) is 42.0 Å². The zero-order chi connectivity index (χ0) is 27.4. The summed E-state index contributed by atoms with van der Waals surface area (Å²) in [6.07, 6.45) is 3.21. The van der Waals surface area contributed by atoms with E-state index in [9.17, 15) is 4.79 Å². The minimum atomic E-state index is -0.419. The lowest BCUT2D eigenvalue weighted by molar-refractivity contribution is 0.0260. The van der Waals surface area contributed by atoms with E-state index < -0.39 is 6.03 Å². The van der Waals surface area contributed by atoms with Crippen LogP contribution in [0.5, 0.6) is 11.5 Å². The van der Waals surface area contributed by atoms with Gasteiger partial charge < -0.3 is 24.1 Å². The van der Waals surface area contributed by atoms with E-state index in [0.717, 1.165) is 33.7 Å². The molecule has 0 aliphatic carbocycles. The van der Waals surface area contributed by atoms with Crippen LogP contribution in [0.3, 0.4) is 0 Å². The number of benzene rings is 2. The van der Waals surface area contributed by atoms with Gasteiger partial charge in [-0.05, 0) is 18.2 Å². The Morgan fingerprint density at radius 3 is 2.64 bits per heavy atom. The standard InChI is InChI=1S/C28H31N5O5S/c1-28(2,3)23-15-24(33-38-23)32-27(34)31-17-6-5-7-20(12-17)39-26-25-21(29-16-30-26)13-19(35-4)14-22(25)37-18-8-10-36-11-9-18/h5-7,12-16,18H,8-11H2,1-4H3,(H2,31,32,33,34). The highest BCUT2D eigenvalue weighted by atomic mass is 32.2. The SMILES string of the molecule is COc1cc(OC2CCOCC2)c2c(Sc3cccc(NC(=O)Nc4cc(C(C)(C)C)on4)c3)ncnc2c1. The van der Waals surface area contributed by atoms with Crippen molar-refractivity contribution < 1.29 is 23.5 Å². The first-order chi connectivity index (χ1) is 18.8. The van der Waals surface area contributed by atoms with Crippen LogP contribution in [0.25, 0.3) is 10.9 Å². The van der Waals surface area contributed by atoms with Crippen molar-refractivity contribution in [3.63, 3.8) is 0 Å². The Morgan fingerprint density at radius 2 is 1.90 bits per heavy atom. The van der Waals surface area contributed by atoms with Crippen molar-refractivity contribution in [3.8, 4) is 11.5 Å². The number of hydrogen-bond acceptors (Lipinski definition) is 9. The third kappa shape index (κ3) is 6.61. The van der Waals surface area contributed by atoms with E-state index in [2.05, 4.69) is 25.8 Å². The molecule has 0 spiro atoms.